The Labute approximate surface area is 190 Å². The number of fused-ring (bicyclic) bond motifs is 1. The minimum Gasteiger partial charge on any atom is -0.497 e. The number of nitrogens with one attached hydrogen (secondary N) is 1. The van der Waals surface area contributed by atoms with Crippen LogP contribution in [0.25, 0.3) is 10.8 Å². The first kappa shape index (κ1) is 23.3. The van der Waals surface area contributed by atoms with Crippen LogP contribution < -0.4 is 10.1 Å². The third kappa shape index (κ3) is 5.88. The van der Waals surface area contributed by atoms with Crippen LogP contribution in [0, 0.1) is 0 Å². The van der Waals surface area contributed by atoms with Crippen molar-refractivity contribution < 1.29 is 14.3 Å². The summed E-state index contributed by atoms with van der Waals surface area (Å²) < 4.78 is 5.32. The van der Waals surface area contributed by atoms with E-state index in [4.69, 9.17) is 4.74 Å². The number of carbonyl (C=O) groups excluding carboxylic acids is 2. The number of carbonyl (C=O) groups is 2. The molecule has 5 nitrogen and oxygen atoms in total. The van der Waals surface area contributed by atoms with Crippen molar-refractivity contribution in [3.8, 4) is 5.75 Å². The fourth-order valence-electron chi connectivity index (χ4n) is 3.85. The van der Waals surface area contributed by atoms with Crippen LogP contribution >= 0.6 is 0 Å². The zero-order chi connectivity index (χ0) is 23.1. The highest BCUT2D eigenvalue weighted by molar-refractivity contribution is 5.89. The molecule has 5 heteroatoms. The molecule has 3 aromatic rings. The molecule has 1 unspecified atom stereocenters. The van der Waals surface area contributed by atoms with Crippen LogP contribution in [0.3, 0.4) is 0 Å². The molecular formula is C27H32N2O3. The van der Waals surface area contributed by atoms with Gasteiger partial charge in [0.1, 0.15) is 11.8 Å². The molecule has 0 saturated heterocycles. The van der Waals surface area contributed by atoms with Crippen molar-refractivity contribution in [3.63, 3.8) is 0 Å². The van der Waals surface area contributed by atoms with Gasteiger partial charge in [-0.3, -0.25) is 9.59 Å². The summed E-state index contributed by atoms with van der Waals surface area (Å²) in [4.78, 5) is 27.8. The monoisotopic (exact) mass is 432 g/mol. The standard InChI is InChI=1S/C27H32N2O3/c1-19(2)28-27(31)20(3)29(18-21-9-7-13-24(17-21)32-4)26(30)16-15-23-12-8-11-22-10-5-6-14-25(22)23/h5-14,17,19-20H,15-16,18H2,1-4H3,(H,28,31). The number of rotatable bonds is 9. The SMILES string of the molecule is COc1cccc(CN(C(=O)CCc2cccc3ccccc23)C(C)C(=O)NC(C)C)c1. The van der Waals surface area contributed by atoms with Crippen molar-refractivity contribution in [2.45, 2.75) is 52.2 Å². The molecule has 0 aliphatic rings. The van der Waals surface area contributed by atoms with Gasteiger partial charge >= 0.3 is 0 Å². The molecule has 0 spiro atoms. The van der Waals surface area contributed by atoms with Gasteiger partial charge in [0, 0.05) is 19.0 Å². The van der Waals surface area contributed by atoms with Gasteiger partial charge in [0.05, 0.1) is 7.11 Å². The van der Waals surface area contributed by atoms with Gasteiger partial charge in [-0.25, -0.2) is 0 Å². The third-order valence-corrected chi connectivity index (χ3v) is 5.57. The summed E-state index contributed by atoms with van der Waals surface area (Å²) >= 11 is 0. The van der Waals surface area contributed by atoms with Crippen LogP contribution in [0.4, 0.5) is 0 Å². The molecule has 1 atom stereocenters. The maximum atomic E-state index is 13.4. The summed E-state index contributed by atoms with van der Waals surface area (Å²) in [5.41, 5.74) is 2.06. The quantitative estimate of drug-likeness (QED) is 0.532. The molecule has 0 aliphatic heterocycles. The number of nitrogens with zero attached hydrogens (tertiary/aromatic N) is 1. The van der Waals surface area contributed by atoms with E-state index in [9.17, 15) is 9.59 Å². The van der Waals surface area contributed by atoms with E-state index in [0.29, 0.717) is 19.4 Å². The number of benzene rings is 3. The van der Waals surface area contributed by atoms with Gasteiger partial charge in [0.2, 0.25) is 11.8 Å². The van der Waals surface area contributed by atoms with Gasteiger partial charge in [0.25, 0.3) is 0 Å². The largest absolute Gasteiger partial charge is 0.497 e. The number of aryl methyl sites for hydroxylation is 1. The highest BCUT2D eigenvalue weighted by Gasteiger charge is 2.26. The molecule has 3 aromatic carbocycles. The molecule has 0 saturated carbocycles. The van der Waals surface area contributed by atoms with Gasteiger partial charge in [-0.1, -0.05) is 54.6 Å². The van der Waals surface area contributed by atoms with E-state index in [1.54, 1.807) is 18.9 Å². The summed E-state index contributed by atoms with van der Waals surface area (Å²) in [5.74, 6) is 0.526. The molecule has 168 valence electrons. The van der Waals surface area contributed by atoms with Crippen LogP contribution in [0.1, 0.15) is 38.3 Å². The Morgan fingerprint density at radius 2 is 1.69 bits per heavy atom. The number of hydrogen-bond donors (Lipinski definition) is 1. The first-order valence-corrected chi connectivity index (χ1v) is 11.1. The van der Waals surface area contributed by atoms with Crippen molar-refractivity contribution in [2.24, 2.45) is 0 Å². The fraction of sp³-hybridized carbons (Fsp3) is 0.333. The third-order valence-electron chi connectivity index (χ3n) is 5.57. The minimum atomic E-state index is -0.580. The van der Waals surface area contributed by atoms with Crippen molar-refractivity contribution in [3.05, 3.63) is 77.9 Å². The highest BCUT2D eigenvalue weighted by atomic mass is 16.5. The number of hydrogen-bond acceptors (Lipinski definition) is 3. The summed E-state index contributed by atoms with van der Waals surface area (Å²) in [6, 6.07) is 21.4. The molecule has 0 bridgehead atoms. The van der Waals surface area contributed by atoms with Crippen molar-refractivity contribution in [1.29, 1.82) is 0 Å². The van der Waals surface area contributed by atoms with E-state index >= 15 is 0 Å². The Morgan fingerprint density at radius 1 is 0.969 bits per heavy atom. The second kappa shape index (κ2) is 10.8. The average molecular weight is 433 g/mol. The summed E-state index contributed by atoms with van der Waals surface area (Å²) in [5, 5.41) is 5.25. The highest BCUT2D eigenvalue weighted by Crippen LogP contribution is 2.21. The lowest BCUT2D eigenvalue weighted by Gasteiger charge is -2.29. The predicted molar refractivity (Wildman–Crippen MR) is 129 cm³/mol. The molecule has 0 aliphatic carbocycles. The smallest absolute Gasteiger partial charge is 0.242 e. The van der Waals surface area contributed by atoms with E-state index in [1.165, 1.54) is 0 Å². The van der Waals surface area contributed by atoms with Crippen molar-refractivity contribution in [1.82, 2.24) is 10.2 Å². The Balaban J connectivity index is 1.80. The lowest BCUT2D eigenvalue weighted by atomic mass is 10.0. The summed E-state index contributed by atoms with van der Waals surface area (Å²) in [6.07, 6.45) is 0.949. The molecule has 1 N–H and O–H groups in total. The average Bonchev–Trinajstić information content (AvgIpc) is 2.80. The maximum Gasteiger partial charge on any atom is 0.242 e. The number of methoxy groups -OCH3 is 1. The fourth-order valence-corrected chi connectivity index (χ4v) is 3.85. The molecule has 0 fully saturated rings. The zero-order valence-corrected chi connectivity index (χ0v) is 19.3. The molecule has 0 heterocycles. The van der Waals surface area contributed by atoms with E-state index in [0.717, 1.165) is 27.6 Å². The number of ether oxygens (including phenoxy) is 1. The summed E-state index contributed by atoms with van der Waals surface area (Å²) in [6.45, 7) is 5.96. The first-order valence-electron chi connectivity index (χ1n) is 11.1. The van der Waals surface area contributed by atoms with E-state index in [2.05, 4.69) is 29.6 Å². The second-order valence-corrected chi connectivity index (χ2v) is 8.35. The van der Waals surface area contributed by atoms with Crippen LogP contribution in [0.5, 0.6) is 5.75 Å². The second-order valence-electron chi connectivity index (χ2n) is 8.35. The Kier molecular flexibility index (Phi) is 7.87. The van der Waals surface area contributed by atoms with Crippen molar-refractivity contribution in [2.75, 3.05) is 7.11 Å². The lowest BCUT2D eigenvalue weighted by Crippen LogP contribution is -2.49. The van der Waals surface area contributed by atoms with Gasteiger partial charge in [0.15, 0.2) is 0 Å². The van der Waals surface area contributed by atoms with E-state index < -0.39 is 6.04 Å². The van der Waals surface area contributed by atoms with Gasteiger partial charge in [-0.2, -0.15) is 0 Å². The molecule has 32 heavy (non-hydrogen) atoms. The van der Waals surface area contributed by atoms with E-state index in [-0.39, 0.29) is 17.9 Å². The van der Waals surface area contributed by atoms with Gasteiger partial charge < -0.3 is 15.0 Å². The molecule has 0 aromatic heterocycles. The molecule has 3 rings (SSSR count). The normalized spacial score (nSPS) is 11.9. The Hall–Kier alpha value is -3.34. The zero-order valence-electron chi connectivity index (χ0n) is 19.3. The first-order chi connectivity index (χ1) is 15.4. The van der Waals surface area contributed by atoms with Crippen LogP contribution in [0.2, 0.25) is 0 Å². The maximum absolute atomic E-state index is 13.4. The van der Waals surface area contributed by atoms with Crippen LogP contribution in [-0.2, 0) is 22.6 Å². The summed E-state index contributed by atoms with van der Waals surface area (Å²) in [7, 11) is 1.62. The van der Waals surface area contributed by atoms with Gasteiger partial charge in [-0.15, -0.1) is 0 Å². The minimum absolute atomic E-state index is 0.00871. The van der Waals surface area contributed by atoms with E-state index in [1.807, 2.05) is 56.3 Å². The Morgan fingerprint density at radius 3 is 2.44 bits per heavy atom. The van der Waals surface area contributed by atoms with Gasteiger partial charge in [-0.05, 0) is 61.2 Å². The van der Waals surface area contributed by atoms with Crippen molar-refractivity contribution >= 4 is 22.6 Å². The molecule has 0 radical (unpaired) electrons. The van der Waals surface area contributed by atoms with Crippen LogP contribution in [0.15, 0.2) is 66.7 Å². The molecular weight excluding hydrogens is 400 g/mol. The predicted octanol–water partition coefficient (Wildman–Crippen LogP) is 4.72. The van der Waals surface area contributed by atoms with Crippen LogP contribution in [-0.4, -0.2) is 35.9 Å². The number of amides is 2. The Bertz CT molecular complexity index is 1070. The molecule has 2 amide bonds. The topological polar surface area (TPSA) is 58.6 Å². The lowest BCUT2D eigenvalue weighted by molar-refractivity contribution is -0.140.